The van der Waals surface area contributed by atoms with Gasteiger partial charge in [0.05, 0.1) is 22.5 Å². The average Bonchev–Trinajstić information content (AvgIpc) is 2.75. The van der Waals surface area contributed by atoms with Gasteiger partial charge in [0.1, 0.15) is 0 Å². The summed E-state index contributed by atoms with van der Waals surface area (Å²) < 4.78 is 8.95. The van der Waals surface area contributed by atoms with Crippen LogP contribution in [0.5, 0.6) is 0 Å². The molecule has 2 heterocycles. The van der Waals surface area contributed by atoms with Gasteiger partial charge in [-0.15, -0.1) is 0 Å². The number of ether oxygens (including phenoxy) is 1. The van der Waals surface area contributed by atoms with E-state index in [0.717, 1.165) is 38.4 Å². The number of nitrogens with one attached hydrogen (secondary N) is 1. The van der Waals surface area contributed by atoms with E-state index >= 15 is 0 Å². The fraction of sp³-hybridized carbons (Fsp3) is 0.800. The van der Waals surface area contributed by atoms with Crippen molar-refractivity contribution in [2.75, 3.05) is 19.8 Å². The molecule has 2 unspecified atom stereocenters. The van der Waals surface area contributed by atoms with Crippen molar-refractivity contribution in [3.63, 3.8) is 0 Å². The summed E-state index contributed by atoms with van der Waals surface area (Å²) in [5, 5.41) is 8.24. The molecule has 1 aromatic heterocycles. The smallest absolute Gasteiger partial charge is 0.0738 e. The van der Waals surface area contributed by atoms with E-state index in [9.17, 15) is 0 Å². The van der Waals surface area contributed by atoms with E-state index in [2.05, 4.69) is 51.8 Å². The van der Waals surface area contributed by atoms with E-state index in [4.69, 9.17) is 4.74 Å². The summed E-state index contributed by atoms with van der Waals surface area (Å²) in [5.74, 6) is 0.608. The molecule has 0 spiro atoms. The highest BCUT2D eigenvalue weighted by Crippen LogP contribution is 2.26. The first kappa shape index (κ1) is 16.0. The van der Waals surface area contributed by atoms with Gasteiger partial charge in [0, 0.05) is 25.6 Å². The summed E-state index contributed by atoms with van der Waals surface area (Å²) in [7, 11) is 0. The Balaban J connectivity index is 2.14. The molecule has 0 aromatic carbocycles. The van der Waals surface area contributed by atoms with Gasteiger partial charge in [-0.05, 0) is 55.1 Å². The van der Waals surface area contributed by atoms with Crippen LogP contribution in [0.25, 0.3) is 0 Å². The Bertz CT molecular complexity index is 427. The zero-order valence-electron chi connectivity index (χ0n) is 12.8. The number of rotatable bonds is 6. The first-order valence-corrected chi connectivity index (χ1v) is 8.49. The van der Waals surface area contributed by atoms with Crippen LogP contribution in [-0.4, -0.2) is 35.6 Å². The minimum atomic E-state index is 0.470. The Labute approximate surface area is 130 Å². The maximum absolute atomic E-state index is 5.66. The van der Waals surface area contributed by atoms with Gasteiger partial charge in [0.25, 0.3) is 0 Å². The number of halogens is 1. The zero-order chi connectivity index (χ0) is 14.5. The molecular weight excluding hydrogens is 318 g/mol. The Morgan fingerprint density at radius 3 is 2.90 bits per heavy atom. The monoisotopic (exact) mass is 343 g/mol. The van der Waals surface area contributed by atoms with Gasteiger partial charge in [0.15, 0.2) is 0 Å². The van der Waals surface area contributed by atoms with Gasteiger partial charge in [-0.25, -0.2) is 0 Å². The third kappa shape index (κ3) is 3.62. The summed E-state index contributed by atoms with van der Waals surface area (Å²) in [4.78, 5) is 0. The van der Waals surface area contributed by atoms with Crippen molar-refractivity contribution < 1.29 is 4.74 Å². The quantitative estimate of drug-likeness (QED) is 0.863. The number of aromatic nitrogens is 2. The van der Waals surface area contributed by atoms with E-state index in [0.29, 0.717) is 12.0 Å². The predicted octanol–water partition coefficient (Wildman–Crippen LogP) is 2.92. The molecule has 0 saturated carbocycles. The molecule has 0 radical (unpaired) electrons. The molecule has 1 N–H and O–H groups in total. The molecule has 0 amide bonds. The van der Waals surface area contributed by atoms with Crippen LogP contribution in [0.2, 0.25) is 0 Å². The third-order valence-corrected chi connectivity index (χ3v) is 5.13. The fourth-order valence-corrected chi connectivity index (χ4v) is 3.47. The first-order chi connectivity index (χ1) is 9.67. The second kappa shape index (κ2) is 7.57. The van der Waals surface area contributed by atoms with Crippen molar-refractivity contribution >= 4 is 15.9 Å². The second-order valence-electron chi connectivity index (χ2n) is 5.51. The van der Waals surface area contributed by atoms with Gasteiger partial charge < -0.3 is 10.1 Å². The molecule has 5 heteroatoms. The number of likely N-dealkylation sites (N-methyl/N-ethyl adjacent to an activating group) is 1. The first-order valence-electron chi connectivity index (χ1n) is 7.70. The lowest BCUT2D eigenvalue weighted by atomic mass is 9.90. The van der Waals surface area contributed by atoms with Gasteiger partial charge in [-0.1, -0.05) is 6.92 Å². The van der Waals surface area contributed by atoms with Crippen LogP contribution in [-0.2, 0) is 17.7 Å². The number of hydrogen-bond donors (Lipinski definition) is 1. The van der Waals surface area contributed by atoms with E-state index in [1.54, 1.807) is 0 Å². The lowest BCUT2D eigenvalue weighted by Crippen LogP contribution is -2.42. The van der Waals surface area contributed by atoms with Crippen molar-refractivity contribution in [2.24, 2.45) is 5.92 Å². The summed E-state index contributed by atoms with van der Waals surface area (Å²) in [5.41, 5.74) is 2.39. The van der Waals surface area contributed by atoms with Gasteiger partial charge >= 0.3 is 0 Å². The number of hydrogen-bond acceptors (Lipinski definition) is 3. The van der Waals surface area contributed by atoms with E-state index in [1.165, 1.54) is 23.0 Å². The molecule has 1 aromatic rings. The average molecular weight is 344 g/mol. The zero-order valence-corrected chi connectivity index (χ0v) is 14.4. The van der Waals surface area contributed by atoms with Gasteiger partial charge in [-0.2, -0.15) is 5.10 Å². The molecule has 1 aliphatic heterocycles. The molecule has 2 rings (SSSR count). The number of nitrogens with zero attached hydrogens (tertiary/aromatic N) is 2. The lowest BCUT2D eigenvalue weighted by Gasteiger charge is -2.31. The molecule has 20 heavy (non-hydrogen) atoms. The topological polar surface area (TPSA) is 39.1 Å². The van der Waals surface area contributed by atoms with Crippen LogP contribution in [0, 0.1) is 12.8 Å². The lowest BCUT2D eigenvalue weighted by molar-refractivity contribution is 0.0392. The van der Waals surface area contributed by atoms with E-state index in [-0.39, 0.29) is 0 Å². The molecular formula is C15H26BrN3O. The standard InChI is InChI=1S/C15H26BrN3O/c1-4-17-13(12-7-6-8-20-10-12)9-14-15(16)11(3)18-19(14)5-2/h12-13,17H,4-10H2,1-3H3. The molecule has 2 atom stereocenters. The van der Waals surface area contributed by atoms with Crippen LogP contribution in [0.3, 0.4) is 0 Å². The normalized spacial score (nSPS) is 21.1. The van der Waals surface area contributed by atoms with Crippen LogP contribution in [0.1, 0.15) is 38.1 Å². The van der Waals surface area contributed by atoms with Crippen molar-refractivity contribution in [3.05, 3.63) is 15.9 Å². The molecule has 4 nitrogen and oxygen atoms in total. The summed E-state index contributed by atoms with van der Waals surface area (Å²) >= 11 is 3.70. The third-order valence-electron chi connectivity index (χ3n) is 4.10. The highest BCUT2D eigenvalue weighted by atomic mass is 79.9. The van der Waals surface area contributed by atoms with Crippen LogP contribution >= 0.6 is 15.9 Å². The van der Waals surface area contributed by atoms with Crippen molar-refractivity contribution in [1.29, 1.82) is 0 Å². The van der Waals surface area contributed by atoms with Gasteiger partial charge in [-0.3, -0.25) is 4.68 Å². The van der Waals surface area contributed by atoms with Crippen LogP contribution in [0.15, 0.2) is 4.47 Å². The molecule has 0 bridgehead atoms. The Hall–Kier alpha value is -0.390. The molecule has 1 saturated heterocycles. The van der Waals surface area contributed by atoms with Crippen molar-refractivity contribution in [2.45, 2.75) is 52.6 Å². The maximum Gasteiger partial charge on any atom is 0.0738 e. The molecule has 1 fully saturated rings. The van der Waals surface area contributed by atoms with Crippen LogP contribution < -0.4 is 5.32 Å². The molecule has 1 aliphatic rings. The summed E-state index contributed by atoms with van der Waals surface area (Å²) in [6.45, 7) is 10.1. The Morgan fingerprint density at radius 2 is 2.30 bits per heavy atom. The predicted molar refractivity (Wildman–Crippen MR) is 85.0 cm³/mol. The van der Waals surface area contributed by atoms with Crippen molar-refractivity contribution in [1.82, 2.24) is 15.1 Å². The minimum Gasteiger partial charge on any atom is -0.381 e. The highest BCUT2D eigenvalue weighted by molar-refractivity contribution is 9.10. The summed E-state index contributed by atoms with van der Waals surface area (Å²) in [6, 6.07) is 0.470. The van der Waals surface area contributed by atoms with Crippen LogP contribution in [0.4, 0.5) is 0 Å². The van der Waals surface area contributed by atoms with E-state index in [1.807, 2.05) is 0 Å². The fourth-order valence-electron chi connectivity index (χ4n) is 3.02. The van der Waals surface area contributed by atoms with Gasteiger partial charge in [0.2, 0.25) is 0 Å². The Kier molecular flexibility index (Phi) is 6.05. The molecule has 0 aliphatic carbocycles. The SMILES string of the molecule is CCNC(Cc1c(Br)c(C)nn1CC)C1CCCOC1. The minimum absolute atomic E-state index is 0.470. The maximum atomic E-state index is 5.66. The van der Waals surface area contributed by atoms with E-state index < -0.39 is 0 Å². The van der Waals surface area contributed by atoms with Crippen molar-refractivity contribution in [3.8, 4) is 0 Å². The number of aryl methyl sites for hydroxylation is 2. The highest BCUT2D eigenvalue weighted by Gasteiger charge is 2.26. The Morgan fingerprint density at radius 1 is 1.50 bits per heavy atom. The second-order valence-corrected chi connectivity index (χ2v) is 6.30. The summed E-state index contributed by atoms with van der Waals surface area (Å²) in [6.07, 6.45) is 3.45. The largest absolute Gasteiger partial charge is 0.381 e. The molecule has 114 valence electrons.